The summed E-state index contributed by atoms with van der Waals surface area (Å²) in [5.74, 6) is 0. The molecule has 0 unspecified atom stereocenters. The van der Waals surface area contributed by atoms with Crippen molar-refractivity contribution in [1.29, 1.82) is 0 Å². The average Bonchev–Trinajstić information content (AvgIpc) is 1.69. The van der Waals surface area contributed by atoms with Crippen LogP contribution in [0.2, 0.25) is 0 Å². The minimum absolute atomic E-state index is 0.0407. The summed E-state index contributed by atoms with van der Waals surface area (Å²) in [6, 6.07) is 0. The predicted octanol–water partition coefficient (Wildman–Crippen LogP) is 0.841. The Morgan fingerprint density at radius 2 is 2.57 bits per heavy atom. The Hall–Kier alpha value is -0.730. The molecule has 0 heterocycles. The van der Waals surface area contributed by atoms with Crippen molar-refractivity contribution in [2.24, 2.45) is 5.11 Å². The normalized spacial score (nSPS) is 7.57. The summed E-state index contributed by atoms with van der Waals surface area (Å²) in [6.45, 7) is 1.36. The molecule has 0 aliphatic heterocycles. The van der Waals surface area contributed by atoms with E-state index in [1.807, 2.05) is 0 Å². The van der Waals surface area contributed by atoms with Crippen molar-refractivity contribution in [3.63, 3.8) is 0 Å². The summed E-state index contributed by atoms with van der Waals surface area (Å²) in [7, 11) is 0. The maximum atomic E-state index is 8.08. The van der Waals surface area contributed by atoms with Gasteiger partial charge in [-0.2, -0.15) is 0 Å². The fourth-order valence-corrected chi connectivity index (χ4v) is 0.152. The Labute approximate surface area is 41.4 Å². The maximum Gasteiger partial charge on any atom is 0.0481 e. The molecule has 4 heteroatoms. The molecule has 0 aromatic rings. The Morgan fingerprint density at radius 3 is 3.00 bits per heavy atom. The molecule has 1 radical (unpaired) electrons. The molecule has 4 nitrogen and oxygen atoms in total. The minimum Gasteiger partial charge on any atom is -0.396 e. The maximum absolute atomic E-state index is 8.08. The lowest BCUT2D eigenvalue weighted by atomic mass is 10.5. The van der Waals surface area contributed by atoms with Gasteiger partial charge in [-0.3, -0.25) is 0 Å². The second-order valence-corrected chi connectivity index (χ2v) is 0.900. The Morgan fingerprint density at radius 1 is 1.86 bits per heavy atom. The third-order valence-corrected chi connectivity index (χ3v) is 0.391. The Balaban J connectivity index is 2.83. The second kappa shape index (κ2) is 5.27. The van der Waals surface area contributed by atoms with Gasteiger partial charge in [0.25, 0.3) is 0 Å². The quantitative estimate of drug-likeness (QED) is 0.243. The van der Waals surface area contributed by atoms with Gasteiger partial charge in [-0.15, -0.1) is 0 Å². The molecule has 7 heavy (non-hydrogen) atoms. The van der Waals surface area contributed by atoms with Gasteiger partial charge >= 0.3 is 0 Å². The third kappa shape index (κ3) is 5.27. The number of hydrogen-bond donors (Lipinski definition) is 1. The van der Waals surface area contributed by atoms with Crippen molar-refractivity contribution >= 4 is 0 Å². The van der Waals surface area contributed by atoms with Crippen molar-refractivity contribution in [3.05, 3.63) is 17.0 Å². The molecule has 0 fully saturated rings. The van der Waals surface area contributed by atoms with Crippen molar-refractivity contribution in [2.75, 3.05) is 6.61 Å². The molecular weight excluding hydrogens is 94.1 g/mol. The number of azide groups is 1. The lowest BCUT2D eigenvalue weighted by molar-refractivity contribution is 0.298. The van der Waals surface area contributed by atoms with Gasteiger partial charge in [0, 0.05) is 18.1 Å². The third-order valence-electron chi connectivity index (χ3n) is 0.391. The van der Waals surface area contributed by atoms with Crippen LogP contribution < -0.4 is 0 Å². The highest BCUT2D eigenvalue weighted by Crippen LogP contribution is 1.84. The van der Waals surface area contributed by atoms with Crippen LogP contribution in [0.1, 0.15) is 6.42 Å². The highest BCUT2D eigenvalue weighted by Gasteiger charge is 1.75. The lowest BCUT2D eigenvalue weighted by Gasteiger charge is -1.80. The fourth-order valence-electron chi connectivity index (χ4n) is 0.152. The number of hydrogen-bond acceptors (Lipinski definition) is 2. The number of aliphatic hydroxyl groups is 1. The summed E-state index contributed by atoms with van der Waals surface area (Å²) in [6.07, 6.45) is 0.435. The number of nitrogens with zero attached hydrogens (tertiary/aromatic N) is 3. The van der Waals surface area contributed by atoms with E-state index in [-0.39, 0.29) is 6.61 Å². The lowest BCUT2D eigenvalue weighted by Crippen LogP contribution is -1.77. The van der Waals surface area contributed by atoms with E-state index in [1.54, 1.807) is 0 Å². The van der Waals surface area contributed by atoms with Crippen molar-refractivity contribution in [1.82, 2.24) is 0 Å². The van der Waals surface area contributed by atoms with E-state index in [0.717, 1.165) is 0 Å². The Kier molecular flexibility index (Phi) is 4.72. The number of aliphatic hydroxyl groups excluding tert-OH is 1. The van der Waals surface area contributed by atoms with Gasteiger partial charge in [0.2, 0.25) is 0 Å². The Bertz CT molecular complexity index is 76.2. The van der Waals surface area contributed by atoms with Crippen LogP contribution in [-0.2, 0) is 0 Å². The molecule has 39 valence electrons. The summed E-state index contributed by atoms with van der Waals surface area (Å²) in [5, 5.41) is 11.1. The van der Waals surface area contributed by atoms with Crippen LogP contribution in [0.15, 0.2) is 5.11 Å². The first-order valence-electron chi connectivity index (χ1n) is 1.88. The van der Waals surface area contributed by atoms with E-state index in [1.165, 1.54) is 6.54 Å². The highest BCUT2D eigenvalue weighted by molar-refractivity contribution is 4.59. The summed E-state index contributed by atoms with van der Waals surface area (Å²) >= 11 is 0. The molecule has 0 atom stereocenters. The molecule has 0 aliphatic carbocycles. The summed E-state index contributed by atoms with van der Waals surface area (Å²) in [5.41, 5.74) is 7.64. The van der Waals surface area contributed by atoms with E-state index in [2.05, 4.69) is 10.0 Å². The smallest absolute Gasteiger partial charge is 0.0481 e. The molecule has 0 aliphatic rings. The zero-order valence-electron chi connectivity index (χ0n) is 3.78. The van der Waals surface area contributed by atoms with Crippen LogP contribution in [0.25, 0.3) is 10.4 Å². The predicted molar refractivity (Wildman–Crippen MR) is 25.1 cm³/mol. The molecule has 0 bridgehead atoms. The van der Waals surface area contributed by atoms with Crippen LogP contribution in [-0.4, -0.2) is 11.7 Å². The topological polar surface area (TPSA) is 69.0 Å². The van der Waals surface area contributed by atoms with Crippen LogP contribution >= 0.6 is 0 Å². The zero-order chi connectivity index (χ0) is 5.54. The molecule has 0 aromatic heterocycles. The summed E-state index contributed by atoms with van der Waals surface area (Å²) < 4.78 is 0. The van der Waals surface area contributed by atoms with Gasteiger partial charge in [-0.25, -0.2) is 0 Å². The molecule has 0 saturated carbocycles. The van der Waals surface area contributed by atoms with E-state index in [9.17, 15) is 0 Å². The van der Waals surface area contributed by atoms with Gasteiger partial charge in [0.15, 0.2) is 0 Å². The molecule has 0 aromatic carbocycles. The van der Waals surface area contributed by atoms with Gasteiger partial charge in [-0.1, -0.05) is 5.11 Å². The SMILES string of the molecule is [N-]=[N+]=N[CH]CCO. The van der Waals surface area contributed by atoms with Gasteiger partial charge in [0.05, 0.1) is 0 Å². The van der Waals surface area contributed by atoms with E-state index >= 15 is 0 Å². The first kappa shape index (κ1) is 6.27. The minimum atomic E-state index is 0.0407. The molecule has 0 saturated heterocycles. The zero-order valence-corrected chi connectivity index (χ0v) is 3.78. The van der Waals surface area contributed by atoms with E-state index in [4.69, 9.17) is 10.6 Å². The number of rotatable bonds is 3. The van der Waals surface area contributed by atoms with Crippen molar-refractivity contribution in [2.45, 2.75) is 6.42 Å². The van der Waals surface area contributed by atoms with Crippen molar-refractivity contribution < 1.29 is 5.11 Å². The van der Waals surface area contributed by atoms with Crippen molar-refractivity contribution in [3.8, 4) is 0 Å². The van der Waals surface area contributed by atoms with Gasteiger partial charge in [0.1, 0.15) is 0 Å². The monoisotopic (exact) mass is 100 g/mol. The largest absolute Gasteiger partial charge is 0.396 e. The van der Waals surface area contributed by atoms with Gasteiger partial charge < -0.3 is 5.11 Å². The van der Waals surface area contributed by atoms with Gasteiger partial charge in [-0.05, 0) is 12.0 Å². The standard InChI is InChI=1S/C3H6N3O/c4-6-5-2-1-3-7/h2,7H,1,3H2. The molecule has 0 rings (SSSR count). The molecule has 1 N–H and O–H groups in total. The highest BCUT2D eigenvalue weighted by atomic mass is 16.3. The first-order valence-corrected chi connectivity index (χ1v) is 1.88. The van der Waals surface area contributed by atoms with E-state index < -0.39 is 0 Å². The van der Waals surface area contributed by atoms with Crippen LogP contribution in [0, 0.1) is 6.54 Å². The van der Waals surface area contributed by atoms with E-state index in [0.29, 0.717) is 6.42 Å². The summed E-state index contributed by atoms with van der Waals surface area (Å²) in [4.78, 5) is 2.43. The first-order chi connectivity index (χ1) is 3.41. The second-order valence-electron chi connectivity index (χ2n) is 0.900. The van der Waals surface area contributed by atoms with Crippen LogP contribution in [0.5, 0.6) is 0 Å². The average molecular weight is 100 g/mol. The molecule has 0 spiro atoms. The fraction of sp³-hybridized carbons (Fsp3) is 0.667. The molecule has 0 amide bonds. The molecular formula is C3H6N3O. The van der Waals surface area contributed by atoms with Crippen LogP contribution in [0.4, 0.5) is 0 Å². The van der Waals surface area contributed by atoms with Crippen LogP contribution in [0.3, 0.4) is 0 Å².